The van der Waals surface area contributed by atoms with Gasteiger partial charge >= 0.3 is 0 Å². The molecule has 1 saturated heterocycles. The number of hydrogen-bond acceptors (Lipinski definition) is 4. The van der Waals surface area contributed by atoms with E-state index in [1.807, 2.05) is 24.3 Å². The smallest absolute Gasteiger partial charge is 0.246 e. The van der Waals surface area contributed by atoms with E-state index in [0.29, 0.717) is 12.8 Å². The molecule has 6 nitrogen and oxygen atoms in total. The molecule has 0 bridgehead atoms. The molecule has 104 valence electrons. The van der Waals surface area contributed by atoms with Gasteiger partial charge in [0.05, 0.1) is 6.54 Å². The molecule has 1 fully saturated rings. The molecule has 1 atom stereocenters. The van der Waals surface area contributed by atoms with E-state index in [1.54, 1.807) is 0 Å². The highest BCUT2D eigenvalue weighted by atomic mass is 16.2. The van der Waals surface area contributed by atoms with Crippen LogP contribution in [-0.4, -0.2) is 36.8 Å². The van der Waals surface area contributed by atoms with Gasteiger partial charge in [-0.3, -0.25) is 14.6 Å². The summed E-state index contributed by atoms with van der Waals surface area (Å²) >= 11 is 0. The van der Waals surface area contributed by atoms with Crippen molar-refractivity contribution in [2.24, 2.45) is 4.99 Å². The molecule has 1 aromatic rings. The highest BCUT2D eigenvalue weighted by Gasteiger charge is 2.27. The van der Waals surface area contributed by atoms with Gasteiger partial charge in [-0.15, -0.1) is 0 Å². The van der Waals surface area contributed by atoms with Crippen molar-refractivity contribution in [1.82, 2.24) is 10.6 Å². The van der Waals surface area contributed by atoms with Crippen LogP contribution in [0, 0.1) is 0 Å². The number of benzene rings is 1. The average Bonchev–Trinajstić information content (AvgIpc) is 3.10. The summed E-state index contributed by atoms with van der Waals surface area (Å²) in [7, 11) is 0. The number of carbonyl (C=O) groups excluding carboxylic acids is 2. The molecule has 2 aliphatic rings. The van der Waals surface area contributed by atoms with E-state index in [4.69, 9.17) is 0 Å². The third kappa shape index (κ3) is 2.64. The van der Waals surface area contributed by atoms with Crippen LogP contribution in [-0.2, 0) is 9.59 Å². The second kappa shape index (κ2) is 5.32. The van der Waals surface area contributed by atoms with Crippen molar-refractivity contribution < 1.29 is 9.59 Å². The Hall–Kier alpha value is -2.37. The first-order valence-corrected chi connectivity index (χ1v) is 6.71. The molecule has 3 rings (SSSR count). The minimum Gasteiger partial charge on any atom is -0.368 e. The van der Waals surface area contributed by atoms with Crippen LogP contribution in [0.4, 0.5) is 5.69 Å². The standard InChI is InChI=1S/C14H16N4O2/c19-12-6-5-11(18-12)14(20)17-10-3-1-9(2-4-10)13-15-7-8-16-13/h1-4,11H,5-8H2,(H,15,16)(H,17,20)(H,18,19). The number of anilines is 1. The third-order valence-corrected chi connectivity index (χ3v) is 3.41. The molecule has 3 N–H and O–H groups in total. The predicted octanol–water partition coefficient (Wildman–Crippen LogP) is 0.253. The lowest BCUT2D eigenvalue weighted by Gasteiger charge is -2.11. The lowest BCUT2D eigenvalue weighted by atomic mass is 10.1. The molecule has 20 heavy (non-hydrogen) atoms. The second-order valence-corrected chi connectivity index (χ2v) is 4.88. The lowest BCUT2D eigenvalue weighted by molar-refractivity contribution is -0.122. The van der Waals surface area contributed by atoms with Gasteiger partial charge in [0.2, 0.25) is 11.8 Å². The molecule has 6 heteroatoms. The molecule has 1 unspecified atom stereocenters. The van der Waals surface area contributed by atoms with Crippen LogP contribution in [0.25, 0.3) is 0 Å². The first-order valence-electron chi connectivity index (χ1n) is 6.71. The Morgan fingerprint density at radius 3 is 2.70 bits per heavy atom. The van der Waals surface area contributed by atoms with Gasteiger partial charge in [0, 0.05) is 24.2 Å². The van der Waals surface area contributed by atoms with E-state index < -0.39 is 6.04 Å². The molecule has 2 aliphatic heterocycles. The van der Waals surface area contributed by atoms with E-state index in [-0.39, 0.29) is 11.8 Å². The van der Waals surface area contributed by atoms with Crippen molar-refractivity contribution >= 4 is 23.3 Å². The van der Waals surface area contributed by atoms with Crippen LogP contribution in [0.3, 0.4) is 0 Å². The number of nitrogens with one attached hydrogen (secondary N) is 3. The Morgan fingerprint density at radius 1 is 1.30 bits per heavy atom. The molecule has 2 heterocycles. The minimum atomic E-state index is -0.414. The van der Waals surface area contributed by atoms with Crippen molar-refractivity contribution in [3.8, 4) is 0 Å². The predicted molar refractivity (Wildman–Crippen MR) is 75.6 cm³/mol. The number of nitrogens with zero attached hydrogens (tertiary/aromatic N) is 1. The third-order valence-electron chi connectivity index (χ3n) is 3.41. The zero-order chi connectivity index (χ0) is 13.9. The molecule has 0 aliphatic carbocycles. The zero-order valence-corrected chi connectivity index (χ0v) is 11.0. The average molecular weight is 272 g/mol. The molecule has 0 aromatic heterocycles. The Labute approximate surface area is 116 Å². The maximum absolute atomic E-state index is 11.9. The van der Waals surface area contributed by atoms with Crippen LogP contribution < -0.4 is 16.0 Å². The van der Waals surface area contributed by atoms with Crippen LogP contribution >= 0.6 is 0 Å². The van der Waals surface area contributed by atoms with Gasteiger partial charge in [-0.25, -0.2) is 0 Å². The zero-order valence-electron chi connectivity index (χ0n) is 11.0. The summed E-state index contributed by atoms with van der Waals surface area (Å²) in [5.74, 6) is 0.664. The molecule has 2 amide bonds. The highest BCUT2D eigenvalue weighted by Crippen LogP contribution is 2.13. The van der Waals surface area contributed by atoms with E-state index in [0.717, 1.165) is 30.2 Å². The van der Waals surface area contributed by atoms with Gasteiger partial charge < -0.3 is 16.0 Å². The monoisotopic (exact) mass is 272 g/mol. The molecular weight excluding hydrogens is 256 g/mol. The van der Waals surface area contributed by atoms with E-state index in [2.05, 4.69) is 20.9 Å². The maximum atomic E-state index is 11.9. The largest absolute Gasteiger partial charge is 0.368 e. The molecule has 0 spiro atoms. The molecule has 1 aromatic carbocycles. The van der Waals surface area contributed by atoms with Crippen molar-refractivity contribution in [3.63, 3.8) is 0 Å². The lowest BCUT2D eigenvalue weighted by Crippen LogP contribution is -2.37. The SMILES string of the molecule is O=C1CCC(C(=O)Nc2ccc(C3=NCCN3)cc2)N1. The van der Waals surface area contributed by atoms with E-state index in [1.165, 1.54) is 0 Å². The Bertz CT molecular complexity index is 565. The number of amidine groups is 1. The fraction of sp³-hybridized carbons (Fsp3) is 0.357. The summed E-state index contributed by atoms with van der Waals surface area (Å²) in [6.07, 6.45) is 0.978. The first-order chi connectivity index (χ1) is 9.72. The number of rotatable bonds is 3. The van der Waals surface area contributed by atoms with Crippen molar-refractivity contribution in [1.29, 1.82) is 0 Å². The summed E-state index contributed by atoms with van der Waals surface area (Å²) in [5.41, 5.74) is 1.73. The Kier molecular flexibility index (Phi) is 3.37. The van der Waals surface area contributed by atoms with Gasteiger partial charge in [0.15, 0.2) is 0 Å². The number of carbonyl (C=O) groups is 2. The quantitative estimate of drug-likeness (QED) is 0.738. The number of hydrogen-bond donors (Lipinski definition) is 3. The number of aliphatic imine (C=N–C) groups is 1. The molecule has 0 radical (unpaired) electrons. The highest BCUT2D eigenvalue weighted by molar-refractivity contribution is 6.01. The van der Waals surface area contributed by atoms with Gasteiger partial charge in [0.1, 0.15) is 11.9 Å². The Balaban J connectivity index is 1.63. The van der Waals surface area contributed by atoms with Crippen LogP contribution in [0.15, 0.2) is 29.3 Å². The van der Waals surface area contributed by atoms with Crippen LogP contribution in [0.2, 0.25) is 0 Å². The van der Waals surface area contributed by atoms with Crippen molar-refractivity contribution in [2.75, 3.05) is 18.4 Å². The first kappa shape index (κ1) is 12.7. The van der Waals surface area contributed by atoms with Gasteiger partial charge in [-0.2, -0.15) is 0 Å². The van der Waals surface area contributed by atoms with Crippen molar-refractivity contribution in [2.45, 2.75) is 18.9 Å². The van der Waals surface area contributed by atoms with Crippen LogP contribution in [0.1, 0.15) is 18.4 Å². The fourth-order valence-corrected chi connectivity index (χ4v) is 2.34. The normalized spacial score (nSPS) is 21.1. The van der Waals surface area contributed by atoms with Gasteiger partial charge in [0.25, 0.3) is 0 Å². The molecular formula is C14H16N4O2. The summed E-state index contributed by atoms with van der Waals surface area (Å²) < 4.78 is 0. The summed E-state index contributed by atoms with van der Waals surface area (Å²) in [6, 6.07) is 7.10. The summed E-state index contributed by atoms with van der Waals surface area (Å²) in [4.78, 5) is 27.4. The molecule has 0 saturated carbocycles. The van der Waals surface area contributed by atoms with E-state index in [9.17, 15) is 9.59 Å². The topological polar surface area (TPSA) is 82.6 Å². The minimum absolute atomic E-state index is 0.0641. The van der Waals surface area contributed by atoms with E-state index >= 15 is 0 Å². The summed E-state index contributed by atoms with van der Waals surface area (Å²) in [5, 5.41) is 8.66. The van der Waals surface area contributed by atoms with Gasteiger partial charge in [-0.05, 0) is 30.7 Å². The number of amides is 2. The fourth-order valence-electron chi connectivity index (χ4n) is 2.34. The Morgan fingerprint density at radius 2 is 2.10 bits per heavy atom. The second-order valence-electron chi connectivity index (χ2n) is 4.88. The van der Waals surface area contributed by atoms with Crippen LogP contribution in [0.5, 0.6) is 0 Å². The van der Waals surface area contributed by atoms with Gasteiger partial charge in [-0.1, -0.05) is 0 Å². The van der Waals surface area contributed by atoms with Crippen molar-refractivity contribution in [3.05, 3.63) is 29.8 Å². The summed E-state index contributed by atoms with van der Waals surface area (Å²) in [6.45, 7) is 1.67. The maximum Gasteiger partial charge on any atom is 0.246 e.